The Bertz CT molecular complexity index is 1280. The highest BCUT2D eigenvalue weighted by Crippen LogP contribution is 2.61. The van der Waals surface area contributed by atoms with E-state index in [9.17, 15) is 19.5 Å². The summed E-state index contributed by atoms with van der Waals surface area (Å²) in [5.41, 5.74) is -0.192. The van der Waals surface area contributed by atoms with Crippen LogP contribution < -0.4 is 4.90 Å². The molecular formula is C29H30BrClN2O6. The number of aliphatic hydroxyl groups excluding tert-OH is 1. The molecule has 1 unspecified atom stereocenters. The van der Waals surface area contributed by atoms with Gasteiger partial charge in [-0.05, 0) is 31.0 Å². The maximum absolute atomic E-state index is 14.7. The largest absolute Gasteiger partial charge is 0.466 e. The number of hydrogen-bond donors (Lipinski definition) is 1. The number of hydrogen-bond acceptors (Lipinski definition) is 6. The molecule has 0 aromatic heterocycles. The van der Waals surface area contributed by atoms with Gasteiger partial charge in [0.2, 0.25) is 5.91 Å². The minimum atomic E-state index is -1.31. The average Bonchev–Trinajstić information content (AvgIpc) is 3.52. The van der Waals surface area contributed by atoms with E-state index in [-0.39, 0.29) is 18.0 Å². The minimum Gasteiger partial charge on any atom is -0.466 e. The summed E-state index contributed by atoms with van der Waals surface area (Å²) in [6.45, 7) is 5.37. The van der Waals surface area contributed by atoms with Crippen molar-refractivity contribution in [3.05, 3.63) is 77.8 Å². The van der Waals surface area contributed by atoms with Gasteiger partial charge in [-0.15, -0.1) is 6.58 Å². The van der Waals surface area contributed by atoms with E-state index in [0.29, 0.717) is 22.7 Å². The normalized spacial score (nSPS) is 29.7. The molecule has 8 nitrogen and oxygen atoms in total. The van der Waals surface area contributed by atoms with Crippen molar-refractivity contribution < 1.29 is 29.0 Å². The second kappa shape index (κ2) is 11.0. The third-order valence-corrected chi connectivity index (χ3v) is 9.10. The van der Waals surface area contributed by atoms with Crippen molar-refractivity contribution in [3.8, 4) is 0 Å². The Hall–Kier alpha value is -2.72. The van der Waals surface area contributed by atoms with Crippen LogP contribution in [0.2, 0.25) is 5.02 Å². The number of esters is 1. The Balaban J connectivity index is 1.68. The van der Waals surface area contributed by atoms with Crippen LogP contribution in [0.25, 0.3) is 0 Å². The Morgan fingerprint density at radius 2 is 1.97 bits per heavy atom. The minimum absolute atomic E-state index is 0.124. The number of para-hydroxylation sites is 1. The van der Waals surface area contributed by atoms with Gasteiger partial charge < -0.3 is 24.4 Å². The predicted octanol–water partition coefficient (Wildman–Crippen LogP) is 3.90. The molecule has 3 heterocycles. The van der Waals surface area contributed by atoms with Crippen LogP contribution in [0.5, 0.6) is 0 Å². The van der Waals surface area contributed by atoms with E-state index < -0.39 is 60.0 Å². The van der Waals surface area contributed by atoms with Crippen LogP contribution in [-0.4, -0.2) is 70.1 Å². The summed E-state index contributed by atoms with van der Waals surface area (Å²) in [5.74, 6) is -3.22. The number of likely N-dealkylation sites (tertiary alicyclic amines) is 1. The second-order valence-electron chi connectivity index (χ2n) is 9.96. The SMILES string of the molecule is C=CCN(C(=O)[C@H]1N([C@H](CO)c2ccccc2)C(=O)[C@@H]2[C@@H](C(=O)OCC)[C@@H]3O[C@@]21CC3Br)c1ccccc1Cl. The molecule has 3 aliphatic heterocycles. The lowest BCUT2D eigenvalue weighted by atomic mass is 9.70. The van der Waals surface area contributed by atoms with Crippen LogP contribution in [0.15, 0.2) is 67.3 Å². The maximum Gasteiger partial charge on any atom is 0.312 e. The zero-order chi connectivity index (χ0) is 27.9. The number of aliphatic hydroxyl groups is 1. The molecule has 1 spiro atoms. The molecule has 10 heteroatoms. The molecule has 2 bridgehead atoms. The standard InChI is InChI=1S/C29H30BrClN2O6/c1-3-14-32(20-13-9-8-12-19(20)31)27(36)25-29-15-18(30)24(39-29)22(28(37)38-4-2)23(29)26(35)33(25)21(16-34)17-10-6-5-7-11-17/h3,5-13,18,21-25,34H,1,4,14-16H2,2H3/t18?,21-,22-,23+,24-,25-,29+/m1/s1. The van der Waals surface area contributed by atoms with E-state index in [0.717, 1.165) is 0 Å². The number of carbonyl (C=O) groups excluding carboxylic acids is 3. The van der Waals surface area contributed by atoms with Gasteiger partial charge in [-0.2, -0.15) is 0 Å². The second-order valence-corrected chi connectivity index (χ2v) is 11.5. The summed E-state index contributed by atoms with van der Waals surface area (Å²) in [6.07, 6.45) is 1.28. The van der Waals surface area contributed by atoms with Crippen LogP contribution in [0.4, 0.5) is 5.69 Å². The highest BCUT2D eigenvalue weighted by atomic mass is 79.9. The monoisotopic (exact) mass is 616 g/mol. The van der Waals surface area contributed by atoms with Crippen molar-refractivity contribution in [1.82, 2.24) is 4.90 Å². The van der Waals surface area contributed by atoms with Crippen LogP contribution in [-0.2, 0) is 23.9 Å². The number of fused-ring (bicyclic) bond motifs is 1. The molecule has 2 aromatic carbocycles. The molecular weight excluding hydrogens is 588 g/mol. The Labute approximate surface area is 240 Å². The zero-order valence-electron chi connectivity index (χ0n) is 21.4. The van der Waals surface area contributed by atoms with Gasteiger partial charge in [0.05, 0.1) is 47.9 Å². The number of anilines is 1. The van der Waals surface area contributed by atoms with Crippen molar-refractivity contribution in [2.75, 3.05) is 24.7 Å². The Kier molecular flexibility index (Phi) is 7.88. The molecule has 2 amide bonds. The number of carbonyl (C=O) groups is 3. The molecule has 3 saturated heterocycles. The first-order valence-electron chi connectivity index (χ1n) is 12.9. The summed E-state index contributed by atoms with van der Waals surface area (Å²) in [6, 6.07) is 14.0. The highest BCUT2D eigenvalue weighted by Gasteiger charge is 2.77. The highest BCUT2D eigenvalue weighted by molar-refractivity contribution is 9.09. The van der Waals surface area contributed by atoms with Crippen LogP contribution in [0.1, 0.15) is 24.9 Å². The quantitative estimate of drug-likeness (QED) is 0.261. The number of nitrogens with zero attached hydrogens (tertiary/aromatic N) is 2. The van der Waals surface area contributed by atoms with Gasteiger partial charge in [-0.3, -0.25) is 14.4 Å². The molecule has 2 aromatic rings. The van der Waals surface area contributed by atoms with Crippen LogP contribution in [0, 0.1) is 11.8 Å². The third-order valence-electron chi connectivity index (χ3n) is 7.93. The fourth-order valence-electron chi connectivity index (χ4n) is 6.47. The van der Waals surface area contributed by atoms with Gasteiger partial charge in [0.1, 0.15) is 11.6 Å². The number of ether oxygens (including phenoxy) is 2. The summed E-state index contributed by atoms with van der Waals surface area (Å²) >= 11 is 10.2. The lowest BCUT2D eigenvalue weighted by molar-refractivity contribution is -0.155. The maximum atomic E-state index is 14.7. The van der Waals surface area contributed by atoms with Crippen LogP contribution >= 0.6 is 27.5 Å². The Morgan fingerprint density at radius 1 is 1.28 bits per heavy atom. The summed E-state index contributed by atoms with van der Waals surface area (Å²) < 4.78 is 11.9. The zero-order valence-corrected chi connectivity index (χ0v) is 23.8. The smallest absolute Gasteiger partial charge is 0.312 e. The van der Waals surface area contributed by atoms with Gasteiger partial charge in [0.25, 0.3) is 5.91 Å². The molecule has 206 valence electrons. The average molecular weight is 618 g/mol. The van der Waals surface area contributed by atoms with Crippen molar-refractivity contribution in [2.45, 2.75) is 42.0 Å². The van der Waals surface area contributed by atoms with E-state index in [2.05, 4.69) is 22.5 Å². The van der Waals surface area contributed by atoms with Gasteiger partial charge >= 0.3 is 5.97 Å². The van der Waals surface area contributed by atoms with Gasteiger partial charge in [0.15, 0.2) is 0 Å². The fourth-order valence-corrected chi connectivity index (χ4v) is 7.65. The molecule has 3 fully saturated rings. The summed E-state index contributed by atoms with van der Waals surface area (Å²) in [4.78, 5) is 44.8. The Morgan fingerprint density at radius 3 is 2.62 bits per heavy atom. The lowest BCUT2D eigenvalue weighted by Gasteiger charge is -2.39. The number of benzene rings is 2. The van der Waals surface area contributed by atoms with Gasteiger partial charge in [-0.25, -0.2) is 0 Å². The molecule has 39 heavy (non-hydrogen) atoms. The van der Waals surface area contributed by atoms with E-state index in [1.165, 1.54) is 9.80 Å². The van der Waals surface area contributed by atoms with Crippen molar-refractivity contribution >= 4 is 51.0 Å². The van der Waals surface area contributed by atoms with E-state index >= 15 is 0 Å². The molecule has 7 atom stereocenters. The predicted molar refractivity (Wildman–Crippen MR) is 149 cm³/mol. The van der Waals surface area contributed by atoms with Crippen LogP contribution in [0.3, 0.4) is 0 Å². The first-order chi connectivity index (χ1) is 18.8. The molecule has 1 N–H and O–H groups in total. The van der Waals surface area contributed by atoms with Crippen molar-refractivity contribution in [3.63, 3.8) is 0 Å². The van der Waals surface area contributed by atoms with Gasteiger partial charge in [-0.1, -0.05) is 76.1 Å². The lowest BCUT2D eigenvalue weighted by Crippen LogP contribution is -2.57. The molecule has 0 saturated carbocycles. The molecule has 0 radical (unpaired) electrons. The number of rotatable bonds is 9. The van der Waals surface area contributed by atoms with Gasteiger partial charge in [0, 0.05) is 11.4 Å². The third kappa shape index (κ3) is 4.40. The molecule has 5 rings (SSSR count). The fraction of sp³-hybridized carbons (Fsp3) is 0.414. The van der Waals surface area contributed by atoms with Crippen molar-refractivity contribution in [1.29, 1.82) is 0 Å². The first-order valence-corrected chi connectivity index (χ1v) is 14.2. The van der Waals surface area contributed by atoms with E-state index in [1.807, 2.05) is 6.07 Å². The molecule has 0 aliphatic carbocycles. The summed E-state index contributed by atoms with van der Waals surface area (Å²) in [7, 11) is 0. The molecule has 3 aliphatic rings. The number of amides is 2. The van der Waals surface area contributed by atoms with E-state index in [1.54, 1.807) is 61.5 Å². The number of alkyl halides is 1. The first kappa shape index (κ1) is 27.8. The number of halogens is 2. The van der Waals surface area contributed by atoms with E-state index in [4.69, 9.17) is 21.1 Å². The summed E-state index contributed by atoms with van der Waals surface area (Å²) in [5, 5.41) is 11.0. The topological polar surface area (TPSA) is 96.4 Å². The van der Waals surface area contributed by atoms with Crippen molar-refractivity contribution in [2.24, 2.45) is 11.8 Å².